The zero-order valence-electron chi connectivity index (χ0n) is 27.1. The number of nitrogens with zero attached hydrogens (tertiary/aromatic N) is 3. The normalized spacial score (nSPS) is 14.2. The zero-order valence-corrected chi connectivity index (χ0v) is 29.4. The Morgan fingerprint density at radius 1 is 0.980 bits per heavy atom. The third-order valence-electron chi connectivity index (χ3n) is 7.53. The van der Waals surface area contributed by atoms with Gasteiger partial charge in [0.1, 0.15) is 11.6 Å². The summed E-state index contributed by atoms with van der Waals surface area (Å²) in [5, 5.41) is 4.04. The maximum atomic E-state index is 15.4. The van der Waals surface area contributed by atoms with E-state index in [1.807, 2.05) is 0 Å². The summed E-state index contributed by atoms with van der Waals surface area (Å²) >= 11 is 12.0. The van der Waals surface area contributed by atoms with Crippen LogP contribution in [-0.2, 0) is 25.2 Å². The lowest BCUT2D eigenvalue weighted by Gasteiger charge is -2.26. The lowest BCUT2D eigenvalue weighted by atomic mass is 10.1. The van der Waals surface area contributed by atoms with Crippen LogP contribution in [0.3, 0.4) is 0 Å². The van der Waals surface area contributed by atoms with Crippen molar-refractivity contribution in [3.8, 4) is 23.0 Å². The summed E-state index contributed by atoms with van der Waals surface area (Å²) in [6.07, 6.45) is 2.54. The molecule has 4 aromatic rings. The van der Waals surface area contributed by atoms with Gasteiger partial charge in [0.2, 0.25) is 0 Å². The lowest BCUT2D eigenvalue weighted by molar-refractivity contribution is 0.0357. The average molecular weight is 736 g/mol. The van der Waals surface area contributed by atoms with Gasteiger partial charge in [0.25, 0.3) is 10.0 Å². The van der Waals surface area contributed by atoms with E-state index in [-0.39, 0.29) is 35.3 Å². The molecule has 5 rings (SSSR count). The quantitative estimate of drug-likeness (QED) is 0.0780. The fourth-order valence-electron chi connectivity index (χ4n) is 5.10. The molecule has 1 saturated heterocycles. The number of amidine groups is 1. The van der Waals surface area contributed by atoms with Crippen molar-refractivity contribution in [3.63, 3.8) is 0 Å². The standard InChI is InChI=1S/C34H37Cl2FN4O7S/c1-44-15-9-34(40-49(42,43)22-23-4-6-26(35)27(36)18-23)39-24-5-7-31(28(37)19-24)48-30-8-10-38-29-21-33(32(45-2)20-25(29)30)47-14-3-11-41-12-16-46-17-13-41/h4-8,10,18-21H,3,9,11-17,22H2,1-2H3,(H,39,40). The predicted octanol–water partition coefficient (Wildman–Crippen LogP) is 6.96. The van der Waals surface area contributed by atoms with E-state index in [0.717, 1.165) is 39.3 Å². The second-order valence-corrected chi connectivity index (χ2v) is 13.6. The van der Waals surface area contributed by atoms with Crippen molar-refractivity contribution in [2.45, 2.75) is 18.6 Å². The second kappa shape index (κ2) is 17.3. The van der Waals surface area contributed by atoms with Crippen molar-refractivity contribution in [3.05, 3.63) is 82.2 Å². The van der Waals surface area contributed by atoms with Crippen LogP contribution in [0.25, 0.3) is 10.9 Å². The molecule has 49 heavy (non-hydrogen) atoms. The lowest BCUT2D eigenvalue weighted by Crippen LogP contribution is -2.37. The number of hydrogen-bond donors (Lipinski definition) is 1. The van der Waals surface area contributed by atoms with Crippen LogP contribution < -0.4 is 19.5 Å². The Kier molecular flexibility index (Phi) is 12.9. The Labute approximate surface area is 294 Å². The summed E-state index contributed by atoms with van der Waals surface area (Å²) < 4.78 is 73.3. The molecule has 0 amide bonds. The van der Waals surface area contributed by atoms with Crippen molar-refractivity contribution < 1.29 is 36.5 Å². The number of rotatable bonds is 15. The number of anilines is 1. The Morgan fingerprint density at radius 3 is 2.53 bits per heavy atom. The van der Waals surface area contributed by atoms with Crippen LogP contribution in [0.1, 0.15) is 18.4 Å². The number of halogens is 3. The molecule has 0 radical (unpaired) electrons. The minimum absolute atomic E-state index is 0.0527. The Morgan fingerprint density at radius 2 is 1.80 bits per heavy atom. The van der Waals surface area contributed by atoms with Crippen LogP contribution in [0.4, 0.5) is 10.1 Å². The highest BCUT2D eigenvalue weighted by atomic mass is 35.5. The van der Waals surface area contributed by atoms with Gasteiger partial charge in [-0.2, -0.15) is 0 Å². The van der Waals surface area contributed by atoms with Gasteiger partial charge in [-0.3, -0.25) is 9.88 Å². The van der Waals surface area contributed by atoms with E-state index in [9.17, 15) is 8.42 Å². The first-order valence-corrected chi connectivity index (χ1v) is 17.9. The predicted molar refractivity (Wildman–Crippen MR) is 189 cm³/mol. The minimum Gasteiger partial charge on any atom is -0.493 e. The van der Waals surface area contributed by atoms with E-state index >= 15 is 4.39 Å². The molecular formula is C34H37Cl2FN4O7S. The maximum absolute atomic E-state index is 15.4. The summed E-state index contributed by atoms with van der Waals surface area (Å²) in [6, 6.07) is 13.9. The molecule has 1 fully saturated rings. The van der Waals surface area contributed by atoms with Crippen molar-refractivity contribution in [1.29, 1.82) is 0 Å². The first kappa shape index (κ1) is 36.6. The maximum Gasteiger partial charge on any atom is 0.258 e. The zero-order chi connectivity index (χ0) is 34.8. The molecular weight excluding hydrogens is 698 g/mol. The highest BCUT2D eigenvalue weighted by Crippen LogP contribution is 2.38. The monoisotopic (exact) mass is 734 g/mol. The Balaban J connectivity index is 1.28. The van der Waals surface area contributed by atoms with Gasteiger partial charge in [0, 0.05) is 62.6 Å². The molecule has 11 nitrogen and oxygen atoms in total. The first-order valence-electron chi connectivity index (χ1n) is 15.5. The van der Waals surface area contributed by atoms with E-state index < -0.39 is 21.6 Å². The summed E-state index contributed by atoms with van der Waals surface area (Å²) in [5.41, 5.74) is 1.27. The highest BCUT2D eigenvalue weighted by molar-refractivity contribution is 7.89. The molecule has 0 unspecified atom stereocenters. The van der Waals surface area contributed by atoms with Gasteiger partial charge in [0.15, 0.2) is 23.1 Å². The van der Waals surface area contributed by atoms with Gasteiger partial charge < -0.3 is 29.0 Å². The number of aromatic nitrogens is 1. The van der Waals surface area contributed by atoms with Crippen molar-refractivity contribution in [2.24, 2.45) is 4.40 Å². The molecule has 0 bridgehead atoms. The van der Waals surface area contributed by atoms with Crippen LogP contribution in [-0.4, -0.2) is 84.4 Å². The number of ether oxygens (including phenoxy) is 5. The van der Waals surface area contributed by atoms with E-state index in [4.69, 9.17) is 46.9 Å². The summed E-state index contributed by atoms with van der Waals surface area (Å²) in [6.45, 7) is 4.93. The van der Waals surface area contributed by atoms with Gasteiger partial charge in [-0.1, -0.05) is 29.3 Å². The molecule has 262 valence electrons. The molecule has 1 aromatic heterocycles. The van der Waals surface area contributed by atoms with E-state index in [2.05, 4.69) is 19.6 Å². The van der Waals surface area contributed by atoms with E-state index in [0.29, 0.717) is 45.3 Å². The molecule has 0 saturated carbocycles. The van der Waals surface area contributed by atoms with Gasteiger partial charge in [-0.25, -0.2) is 12.8 Å². The second-order valence-electron chi connectivity index (χ2n) is 11.1. The molecule has 0 aliphatic carbocycles. The molecule has 1 aliphatic heterocycles. The van der Waals surface area contributed by atoms with Gasteiger partial charge >= 0.3 is 0 Å². The topological polar surface area (TPSA) is 121 Å². The molecule has 15 heteroatoms. The highest BCUT2D eigenvalue weighted by Gasteiger charge is 2.17. The van der Waals surface area contributed by atoms with Crippen LogP contribution in [0.5, 0.6) is 23.0 Å². The third-order valence-corrected chi connectivity index (χ3v) is 9.47. The van der Waals surface area contributed by atoms with Crippen molar-refractivity contribution >= 4 is 55.7 Å². The van der Waals surface area contributed by atoms with Crippen molar-refractivity contribution in [2.75, 3.05) is 65.6 Å². The average Bonchev–Trinajstić information content (AvgIpc) is 3.08. The van der Waals surface area contributed by atoms with E-state index in [1.54, 1.807) is 43.6 Å². The van der Waals surface area contributed by atoms with Gasteiger partial charge in [0.05, 0.1) is 54.9 Å². The number of methoxy groups -OCH3 is 2. The summed E-state index contributed by atoms with van der Waals surface area (Å²) in [7, 11) is -0.967. The van der Waals surface area contributed by atoms with Crippen LogP contribution in [0.2, 0.25) is 10.0 Å². The smallest absolute Gasteiger partial charge is 0.258 e. The first-order chi connectivity index (χ1) is 23.6. The number of benzene rings is 3. The fourth-order valence-corrected chi connectivity index (χ4v) is 6.56. The van der Waals surface area contributed by atoms with Gasteiger partial charge in [-0.05, 0) is 48.4 Å². The van der Waals surface area contributed by atoms with Crippen LogP contribution >= 0.6 is 23.2 Å². The largest absolute Gasteiger partial charge is 0.493 e. The Bertz CT molecular complexity index is 1890. The van der Waals surface area contributed by atoms with Crippen LogP contribution in [0.15, 0.2) is 65.2 Å². The Hall–Kier alpha value is -3.72. The summed E-state index contributed by atoms with van der Waals surface area (Å²) in [4.78, 5) is 6.80. The molecule has 0 atom stereocenters. The SMILES string of the molecule is COCC/C(=N\S(=O)(=O)Cc1ccc(Cl)c(Cl)c1)Nc1ccc(Oc2ccnc3cc(OCCCN4CCOCC4)c(OC)cc23)c(F)c1. The molecule has 1 aliphatic rings. The number of nitrogens with one attached hydrogen (secondary N) is 1. The molecule has 1 N–H and O–H groups in total. The number of hydrogen-bond acceptors (Lipinski definition) is 9. The summed E-state index contributed by atoms with van der Waals surface area (Å²) in [5.74, 6) is 0.326. The van der Waals surface area contributed by atoms with Gasteiger partial charge in [-0.15, -0.1) is 4.40 Å². The number of morpholine rings is 1. The minimum atomic E-state index is -4.00. The van der Waals surface area contributed by atoms with E-state index in [1.165, 1.54) is 31.4 Å². The fraction of sp³-hybridized carbons (Fsp3) is 0.353. The number of fused-ring (bicyclic) bond motifs is 1. The third kappa shape index (κ3) is 10.4. The number of pyridine rings is 1. The number of sulfonamides is 1. The molecule has 3 aromatic carbocycles. The van der Waals surface area contributed by atoms with Crippen molar-refractivity contribution in [1.82, 2.24) is 9.88 Å². The molecule has 0 spiro atoms. The molecule has 2 heterocycles. The van der Waals surface area contributed by atoms with Crippen LogP contribution in [0, 0.1) is 5.82 Å².